The topological polar surface area (TPSA) is 62.9 Å². The number of carboxylic acids is 1. The lowest BCUT2D eigenvalue weighted by Gasteiger charge is -2.28. The number of ether oxygens (including phenoxy) is 1. The Morgan fingerprint density at radius 1 is 1.08 bits per heavy atom. The van der Waals surface area contributed by atoms with E-state index < -0.39 is 5.97 Å². The van der Waals surface area contributed by atoms with Crippen molar-refractivity contribution in [2.24, 2.45) is 0 Å². The molecule has 128 valence electrons. The Kier molecular flexibility index (Phi) is 3.89. The van der Waals surface area contributed by atoms with Crippen molar-refractivity contribution >= 4 is 22.6 Å². The van der Waals surface area contributed by atoms with E-state index in [-0.39, 0.29) is 17.1 Å². The molecule has 0 amide bonds. The van der Waals surface area contributed by atoms with Crippen molar-refractivity contribution in [1.29, 1.82) is 0 Å². The third-order valence-electron chi connectivity index (χ3n) is 4.37. The van der Waals surface area contributed by atoms with Gasteiger partial charge in [0.05, 0.1) is 13.2 Å². The molecule has 1 aliphatic rings. The molecule has 0 atom stereocenters. The molecule has 25 heavy (non-hydrogen) atoms. The van der Waals surface area contributed by atoms with Crippen molar-refractivity contribution in [2.45, 2.75) is 0 Å². The van der Waals surface area contributed by atoms with Gasteiger partial charge in [-0.2, -0.15) is 0 Å². The minimum absolute atomic E-state index is 0.0927. The van der Waals surface area contributed by atoms with Crippen LogP contribution in [0.3, 0.4) is 0 Å². The fraction of sp³-hybridized carbons (Fsp3) is 0.211. The van der Waals surface area contributed by atoms with E-state index in [1.807, 2.05) is 12.1 Å². The van der Waals surface area contributed by atoms with E-state index in [0.717, 1.165) is 18.8 Å². The highest BCUT2D eigenvalue weighted by Crippen LogP contribution is 2.35. The van der Waals surface area contributed by atoms with Gasteiger partial charge in [-0.25, -0.2) is 9.18 Å². The number of nitrogens with zero attached hydrogens (tertiary/aromatic N) is 1. The molecule has 0 saturated carbocycles. The fourth-order valence-corrected chi connectivity index (χ4v) is 3.12. The first-order valence-electron chi connectivity index (χ1n) is 8.02. The first-order valence-corrected chi connectivity index (χ1v) is 8.02. The van der Waals surface area contributed by atoms with E-state index in [0.29, 0.717) is 29.7 Å². The molecule has 2 aromatic carbocycles. The Morgan fingerprint density at radius 2 is 1.80 bits per heavy atom. The molecule has 1 aliphatic heterocycles. The summed E-state index contributed by atoms with van der Waals surface area (Å²) in [6.07, 6.45) is 0. The second kappa shape index (κ2) is 6.22. The predicted molar refractivity (Wildman–Crippen MR) is 91.6 cm³/mol. The number of carboxylic acid groups (broad SMARTS) is 1. The first-order chi connectivity index (χ1) is 12.1. The Labute approximate surface area is 143 Å². The highest BCUT2D eigenvalue weighted by molar-refractivity contribution is 6.08. The van der Waals surface area contributed by atoms with Gasteiger partial charge in [0, 0.05) is 35.8 Å². The molecule has 4 rings (SSSR count). The minimum Gasteiger partial charge on any atom is -0.478 e. The minimum atomic E-state index is -1.07. The number of hydrogen-bond acceptors (Lipinski definition) is 4. The highest BCUT2D eigenvalue weighted by Gasteiger charge is 2.22. The zero-order valence-corrected chi connectivity index (χ0v) is 13.4. The maximum absolute atomic E-state index is 13.2. The summed E-state index contributed by atoms with van der Waals surface area (Å²) in [5, 5.41) is 10.2. The van der Waals surface area contributed by atoms with Crippen molar-refractivity contribution in [3.63, 3.8) is 0 Å². The summed E-state index contributed by atoms with van der Waals surface area (Å²) in [6, 6.07) is 11.1. The van der Waals surface area contributed by atoms with Crippen molar-refractivity contribution < 1.29 is 23.4 Å². The smallest absolute Gasteiger partial charge is 0.340 e. The van der Waals surface area contributed by atoms with E-state index >= 15 is 0 Å². The zero-order chi connectivity index (χ0) is 17.4. The van der Waals surface area contributed by atoms with Crippen LogP contribution in [0.15, 0.2) is 46.9 Å². The van der Waals surface area contributed by atoms with Crippen LogP contribution in [0.5, 0.6) is 0 Å². The summed E-state index contributed by atoms with van der Waals surface area (Å²) in [5.41, 5.74) is 2.09. The fourth-order valence-electron chi connectivity index (χ4n) is 3.12. The van der Waals surface area contributed by atoms with E-state index in [9.17, 15) is 14.3 Å². The van der Waals surface area contributed by atoms with Crippen LogP contribution in [0.4, 0.5) is 10.1 Å². The summed E-state index contributed by atoms with van der Waals surface area (Å²) in [6.45, 7) is 2.89. The number of aromatic carboxylic acids is 1. The van der Waals surface area contributed by atoms with Gasteiger partial charge in [0.25, 0.3) is 0 Å². The Morgan fingerprint density at radius 3 is 2.48 bits per heavy atom. The van der Waals surface area contributed by atoms with Crippen LogP contribution in [-0.4, -0.2) is 37.4 Å². The molecular weight excluding hydrogens is 325 g/mol. The second-order valence-corrected chi connectivity index (χ2v) is 5.90. The number of fused-ring (bicyclic) bond motifs is 1. The van der Waals surface area contributed by atoms with E-state index in [1.54, 1.807) is 6.07 Å². The van der Waals surface area contributed by atoms with Gasteiger partial charge in [0.1, 0.15) is 22.7 Å². The molecule has 1 fully saturated rings. The van der Waals surface area contributed by atoms with E-state index in [2.05, 4.69) is 4.90 Å². The van der Waals surface area contributed by atoms with Gasteiger partial charge in [-0.1, -0.05) is 0 Å². The third-order valence-corrected chi connectivity index (χ3v) is 4.37. The maximum Gasteiger partial charge on any atom is 0.340 e. The molecule has 5 nitrogen and oxygen atoms in total. The van der Waals surface area contributed by atoms with Gasteiger partial charge in [-0.3, -0.25) is 0 Å². The number of anilines is 1. The third kappa shape index (κ3) is 2.85. The van der Waals surface area contributed by atoms with Gasteiger partial charge in [0.15, 0.2) is 0 Å². The molecule has 0 spiro atoms. The first kappa shape index (κ1) is 15.7. The molecule has 2 heterocycles. The summed E-state index contributed by atoms with van der Waals surface area (Å²) >= 11 is 0. The summed E-state index contributed by atoms with van der Waals surface area (Å²) in [4.78, 5) is 13.9. The molecule has 3 aromatic rings. The quantitative estimate of drug-likeness (QED) is 0.786. The van der Waals surface area contributed by atoms with Crippen LogP contribution in [0.2, 0.25) is 0 Å². The van der Waals surface area contributed by atoms with E-state index in [4.69, 9.17) is 9.15 Å². The number of benzene rings is 2. The normalized spacial score (nSPS) is 14.8. The number of rotatable bonds is 3. The average molecular weight is 341 g/mol. The maximum atomic E-state index is 13.2. The van der Waals surface area contributed by atoms with Crippen LogP contribution in [0.1, 0.15) is 10.4 Å². The standard InChI is InChI=1S/C19H16FNO4/c20-13-3-1-12(2-4-13)18-17(19(22)23)15-6-5-14(11-16(15)25-18)21-7-9-24-10-8-21/h1-6,11H,7-10H2,(H,22,23). The van der Waals surface area contributed by atoms with Crippen LogP contribution in [0.25, 0.3) is 22.3 Å². The molecule has 0 bridgehead atoms. The van der Waals surface area contributed by atoms with Crippen molar-refractivity contribution in [3.05, 3.63) is 53.8 Å². The second-order valence-electron chi connectivity index (χ2n) is 5.90. The summed E-state index contributed by atoms with van der Waals surface area (Å²) < 4.78 is 24.4. The lowest BCUT2D eigenvalue weighted by molar-refractivity contribution is 0.0699. The van der Waals surface area contributed by atoms with Crippen LogP contribution < -0.4 is 4.90 Å². The van der Waals surface area contributed by atoms with Crippen LogP contribution >= 0.6 is 0 Å². The molecule has 0 radical (unpaired) electrons. The SMILES string of the molecule is O=C(O)c1c(-c2ccc(F)cc2)oc2cc(N3CCOCC3)ccc12. The van der Waals surface area contributed by atoms with Crippen LogP contribution in [0, 0.1) is 5.82 Å². The lowest BCUT2D eigenvalue weighted by atomic mass is 10.1. The van der Waals surface area contributed by atoms with Gasteiger partial charge < -0.3 is 19.2 Å². The summed E-state index contributed by atoms with van der Waals surface area (Å²) in [7, 11) is 0. The van der Waals surface area contributed by atoms with Crippen LogP contribution in [-0.2, 0) is 4.74 Å². The average Bonchev–Trinajstić information content (AvgIpc) is 3.02. The van der Waals surface area contributed by atoms with Gasteiger partial charge in [-0.15, -0.1) is 0 Å². The Bertz CT molecular complexity index is 926. The monoisotopic (exact) mass is 341 g/mol. The molecule has 1 N–H and O–H groups in total. The molecule has 1 saturated heterocycles. The number of furan rings is 1. The number of morpholine rings is 1. The molecule has 6 heteroatoms. The van der Waals surface area contributed by atoms with Gasteiger partial charge >= 0.3 is 5.97 Å². The van der Waals surface area contributed by atoms with Crippen molar-refractivity contribution in [1.82, 2.24) is 0 Å². The van der Waals surface area contributed by atoms with Gasteiger partial charge in [-0.05, 0) is 36.4 Å². The number of carbonyl (C=O) groups is 1. The number of halogens is 1. The molecule has 0 aliphatic carbocycles. The summed E-state index contributed by atoms with van der Waals surface area (Å²) in [5.74, 6) is -1.22. The van der Waals surface area contributed by atoms with E-state index in [1.165, 1.54) is 24.3 Å². The van der Waals surface area contributed by atoms with Crippen molar-refractivity contribution in [3.8, 4) is 11.3 Å². The largest absolute Gasteiger partial charge is 0.478 e. The highest BCUT2D eigenvalue weighted by atomic mass is 19.1. The van der Waals surface area contributed by atoms with Gasteiger partial charge in [0.2, 0.25) is 0 Å². The van der Waals surface area contributed by atoms with Crippen molar-refractivity contribution in [2.75, 3.05) is 31.2 Å². The predicted octanol–water partition coefficient (Wildman–Crippen LogP) is 3.77. The number of hydrogen-bond donors (Lipinski definition) is 1. The Balaban J connectivity index is 1.83. The lowest BCUT2D eigenvalue weighted by Crippen LogP contribution is -2.36. The Hall–Kier alpha value is -2.86. The zero-order valence-electron chi connectivity index (χ0n) is 13.4. The molecular formula is C19H16FNO4. The molecule has 1 aromatic heterocycles. The molecule has 0 unspecified atom stereocenters.